The Bertz CT molecular complexity index is 866. The number of carbonyl (C=O) groups excluding carboxylic acids is 2. The molecule has 142 valence electrons. The van der Waals surface area contributed by atoms with Crippen LogP contribution in [0, 0.1) is 10.1 Å². The van der Waals surface area contributed by atoms with E-state index in [1.807, 2.05) is 0 Å². The zero-order valence-electron chi connectivity index (χ0n) is 14.3. The van der Waals surface area contributed by atoms with E-state index in [2.05, 4.69) is 5.32 Å². The first-order valence-electron chi connectivity index (χ1n) is 8.01. The summed E-state index contributed by atoms with van der Waals surface area (Å²) in [4.78, 5) is 34.6. The van der Waals surface area contributed by atoms with Crippen molar-refractivity contribution in [2.45, 2.75) is 19.8 Å². The predicted molar refractivity (Wildman–Crippen MR) is 102 cm³/mol. The fraction of sp³-hybridized carbons (Fsp3) is 0.222. The summed E-state index contributed by atoms with van der Waals surface area (Å²) in [5.74, 6) is -1.11. The molecule has 1 amide bonds. The van der Waals surface area contributed by atoms with Crippen LogP contribution in [-0.2, 0) is 16.0 Å². The SMILES string of the molecule is CCOC(=O)c1ccc([N+](=O)[O-])c(NC(=O)CCc2c(Cl)cccc2Cl)c1. The Kier molecular flexibility index (Phi) is 7.15. The third-order valence-corrected chi connectivity index (χ3v) is 4.35. The molecule has 2 aromatic rings. The molecule has 0 aliphatic carbocycles. The Balaban J connectivity index is 2.16. The molecule has 0 unspecified atom stereocenters. The zero-order chi connectivity index (χ0) is 20.0. The molecule has 0 saturated heterocycles. The van der Waals surface area contributed by atoms with Crippen LogP contribution < -0.4 is 5.32 Å². The van der Waals surface area contributed by atoms with Crippen molar-refractivity contribution in [1.29, 1.82) is 0 Å². The van der Waals surface area contributed by atoms with Gasteiger partial charge in [0, 0.05) is 22.5 Å². The predicted octanol–water partition coefficient (Wildman–Crippen LogP) is 4.65. The van der Waals surface area contributed by atoms with Gasteiger partial charge >= 0.3 is 5.97 Å². The lowest BCUT2D eigenvalue weighted by Gasteiger charge is -2.09. The number of hydrogen-bond donors (Lipinski definition) is 1. The maximum Gasteiger partial charge on any atom is 0.338 e. The molecule has 0 aliphatic rings. The lowest BCUT2D eigenvalue weighted by molar-refractivity contribution is -0.383. The molecule has 0 spiro atoms. The minimum atomic E-state index is -0.643. The van der Waals surface area contributed by atoms with Gasteiger partial charge in [0.1, 0.15) is 5.69 Å². The van der Waals surface area contributed by atoms with Gasteiger partial charge in [-0.3, -0.25) is 14.9 Å². The molecule has 0 saturated carbocycles. The second-order valence-corrected chi connectivity index (χ2v) is 6.27. The zero-order valence-corrected chi connectivity index (χ0v) is 15.8. The van der Waals surface area contributed by atoms with Gasteiger partial charge in [0.2, 0.25) is 5.91 Å². The summed E-state index contributed by atoms with van der Waals surface area (Å²) in [5.41, 5.74) is 0.311. The smallest absolute Gasteiger partial charge is 0.338 e. The van der Waals surface area contributed by atoms with E-state index in [9.17, 15) is 19.7 Å². The second-order valence-electron chi connectivity index (χ2n) is 5.46. The van der Waals surface area contributed by atoms with E-state index in [1.165, 1.54) is 12.1 Å². The van der Waals surface area contributed by atoms with Crippen LogP contribution in [0.3, 0.4) is 0 Å². The van der Waals surface area contributed by atoms with Gasteiger partial charge < -0.3 is 10.1 Å². The standard InChI is InChI=1S/C18H16Cl2N2O5/c1-2-27-18(24)11-6-8-16(22(25)26)15(10-11)21-17(23)9-7-12-13(19)4-3-5-14(12)20/h3-6,8,10H,2,7,9H2,1H3,(H,21,23). The van der Waals surface area contributed by atoms with Gasteiger partial charge in [0.05, 0.1) is 17.1 Å². The Hall–Kier alpha value is -2.64. The van der Waals surface area contributed by atoms with E-state index < -0.39 is 16.8 Å². The number of benzene rings is 2. The molecule has 9 heteroatoms. The van der Waals surface area contributed by atoms with Crippen molar-refractivity contribution in [3.63, 3.8) is 0 Å². The normalized spacial score (nSPS) is 10.3. The van der Waals surface area contributed by atoms with E-state index >= 15 is 0 Å². The van der Waals surface area contributed by atoms with Gasteiger partial charge in [-0.2, -0.15) is 0 Å². The first-order valence-corrected chi connectivity index (χ1v) is 8.77. The average Bonchev–Trinajstić information content (AvgIpc) is 2.61. The van der Waals surface area contributed by atoms with Gasteiger partial charge in [0.25, 0.3) is 5.69 Å². The molecule has 2 rings (SSSR count). The number of anilines is 1. The third kappa shape index (κ3) is 5.42. The fourth-order valence-corrected chi connectivity index (χ4v) is 2.95. The van der Waals surface area contributed by atoms with Crippen molar-refractivity contribution < 1.29 is 19.2 Å². The highest BCUT2D eigenvalue weighted by atomic mass is 35.5. The number of rotatable bonds is 7. The van der Waals surface area contributed by atoms with E-state index in [0.717, 1.165) is 6.07 Å². The topological polar surface area (TPSA) is 98.5 Å². The molecular weight excluding hydrogens is 395 g/mol. The largest absolute Gasteiger partial charge is 0.462 e. The molecule has 0 bridgehead atoms. The van der Waals surface area contributed by atoms with Crippen LogP contribution in [0.4, 0.5) is 11.4 Å². The molecule has 0 heterocycles. The maximum atomic E-state index is 12.3. The van der Waals surface area contributed by atoms with Crippen LogP contribution in [0.25, 0.3) is 0 Å². The number of ether oxygens (including phenoxy) is 1. The molecule has 0 fully saturated rings. The quantitative estimate of drug-likeness (QED) is 0.406. The second kappa shape index (κ2) is 9.34. The van der Waals surface area contributed by atoms with Crippen molar-refractivity contribution in [2.24, 2.45) is 0 Å². The first-order chi connectivity index (χ1) is 12.8. The third-order valence-electron chi connectivity index (χ3n) is 3.64. The first kappa shape index (κ1) is 20.7. The van der Waals surface area contributed by atoms with Crippen LogP contribution in [0.1, 0.15) is 29.3 Å². The average molecular weight is 411 g/mol. The number of hydrogen-bond acceptors (Lipinski definition) is 5. The summed E-state index contributed by atoms with van der Waals surface area (Å²) in [6, 6.07) is 8.65. The number of nitrogens with zero attached hydrogens (tertiary/aromatic N) is 1. The number of esters is 1. The summed E-state index contributed by atoms with van der Waals surface area (Å²) in [6.07, 6.45) is 0.264. The summed E-state index contributed by atoms with van der Waals surface area (Å²) >= 11 is 12.1. The minimum absolute atomic E-state index is 0.00421. The van der Waals surface area contributed by atoms with Gasteiger partial charge in [-0.15, -0.1) is 0 Å². The summed E-state index contributed by atoms with van der Waals surface area (Å²) < 4.78 is 4.87. The van der Waals surface area contributed by atoms with Crippen LogP contribution in [0.15, 0.2) is 36.4 Å². The fourth-order valence-electron chi connectivity index (χ4n) is 2.36. The van der Waals surface area contributed by atoms with Crippen molar-refractivity contribution in [3.05, 3.63) is 67.7 Å². The van der Waals surface area contributed by atoms with Crippen molar-refractivity contribution >= 4 is 46.5 Å². The number of nitro benzene ring substituents is 1. The molecule has 0 aliphatic heterocycles. The van der Waals surface area contributed by atoms with Crippen LogP contribution in [0.2, 0.25) is 10.0 Å². The van der Waals surface area contributed by atoms with E-state index in [4.69, 9.17) is 27.9 Å². The molecule has 2 aromatic carbocycles. The van der Waals surface area contributed by atoms with Gasteiger partial charge in [-0.05, 0) is 43.2 Å². The summed E-state index contributed by atoms with van der Waals surface area (Å²) in [6.45, 7) is 1.81. The minimum Gasteiger partial charge on any atom is -0.462 e. The highest BCUT2D eigenvalue weighted by Crippen LogP contribution is 2.28. The number of nitro groups is 1. The lowest BCUT2D eigenvalue weighted by Crippen LogP contribution is -2.15. The molecule has 0 radical (unpaired) electrons. The van der Waals surface area contributed by atoms with Crippen LogP contribution in [-0.4, -0.2) is 23.4 Å². The molecule has 0 aromatic heterocycles. The Morgan fingerprint density at radius 2 is 1.85 bits per heavy atom. The van der Waals surface area contributed by atoms with Gasteiger partial charge in [-0.1, -0.05) is 29.3 Å². The number of nitrogens with one attached hydrogen (secondary N) is 1. The number of amides is 1. The van der Waals surface area contributed by atoms with Crippen molar-refractivity contribution in [1.82, 2.24) is 0 Å². The number of carbonyl (C=O) groups is 2. The molecule has 27 heavy (non-hydrogen) atoms. The Morgan fingerprint density at radius 3 is 2.44 bits per heavy atom. The van der Waals surface area contributed by atoms with E-state index in [0.29, 0.717) is 15.6 Å². The Morgan fingerprint density at radius 1 is 1.19 bits per heavy atom. The Labute approximate surface area is 165 Å². The van der Waals surface area contributed by atoms with Gasteiger partial charge in [0.15, 0.2) is 0 Å². The maximum absolute atomic E-state index is 12.3. The lowest BCUT2D eigenvalue weighted by atomic mass is 10.1. The number of halogens is 2. The summed E-state index contributed by atoms with van der Waals surface area (Å²) in [5, 5.41) is 14.5. The highest BCUT2D eigenvalue weighted by Gasteiger charge is 2.19. The van der Waals surface area contributed by atoms with Crippen molar-refractivity contribution in [2.75, 3.05) is 11.9 Å². The highest BCUT2D eigenvalue weighted by molar-refractivity contribution is 6.36. The van der Waals surface area contributed by atoms with Crippen molar-refractivity contribution in [3.8, 4) is 0 Å². The van der Waals surface area contributed by atoms with Crippen LogP contribution in [0.5, 0.6) is 0 Å². The monoisotopic (exact) mass is 410 g/mol. The molecule has 7 nitrogen and oxygen atoms in total. The molecule has 1 N–H and O–H groups in total. The van der Waals surface area contributed by atoms with Crippen LogP contribution >= 0.6 is 23.2 Å². The van der Waals surface area contributed by atoms with E-state index in [1.54, 1.807) is 25.1 Å². The van der Waals surface area contributed by atoms with E-state index in [-0.39, 0.29) is 36.4 Å². The molecule has 0 atom stereocenters. The summed E-state index contributed by atoms with van der Waals surface area (Å²) in [7, 11) is 0. The molecular formula is C18H16Cl2N2O5. The van der Waals surface area contributed by atoms with Gasteiger partial charge in [-0.25, -0.2) is 4.79 Å².